The Morgan fingerprint density at radius 3 is 2.50 bits per heavy atom. The summed E-state index contributed by atoms with van der Waals surface area (Å²) in [6.45, 7) is 16.4. The maximum atomic E-state index is 14.7. The summed E-state index contributed by atoms with van der Waals surface area (Å²) in [7, 11) is 0.230. The summed E-state index contributed by atoms with van der Waals surface area (Å²) in [6, 6.07) is 6.43. The highest BCUT2D eigenvalue weighted by molar-refractivity contribution is 6.32. The molecule has 0 fully saturated rings. The molecular formula is C29H36ClFN2O4Si. The van der Waals surface area contributed by atoms with Gasteiger partial charge >= 0.3 is 5.97 Å². The van der Waals surface area contributed by atoms with E-state index in [1.54, 1.807) is 25.3 Å². The molecule has 2 heterocycles. The zero-order valence-electron chi connectivity index (χ0n) is 23.3. The second kappa shape index (κ2) is 11.7. The van der Waals surface area contributed by atoms with Gasteiger partial charge in [-0.05, 0) is 55.0 Å². The van der Waals surface area contributed by atoms with Crippen LogP contribution in [0.15, 0.2) is 41.5 Å². The van der Waals surface area contributed by atoms with Crippen molar-refractivity contribution in [3.8, 4) is 0 Å². The molecule has 6 nitrogen and oxygen atoms in total. The van der Waals surface area contributed by atoms with Crippen LogP contribution < -0.4 is 5.43 Å². The van der Waals surface area contributed by atoms with Crippen LogP contribution in [-0.2, 0) is 15.6 Å². The molecule has 1 aromatic carbocycles. The van der Waals surface area contributed by atoms with Crippen molar-refractivity contribution in [1.82, 2.24) is 9.55 Å². The second-order valence-corrected chi connectivity index (χ2v) is 13.7. The molecule has 2 radical (unpaired) electrons. The van der Waals surface area contributed by atoms with Crippen LogP contribution in [0.4, 0.5) is 4.39 Å². The highest BCUT2D eigenvalue weighted by Crippen LogP contribution is 2.37. The number of hydrogen-bond acceptors (Lipinski definition) is 5. The molecular weight excluding hydrogens is 523 g/mol. The van der Waals surface area contributed by atoms with Crippen molar-refractivity contribution in [2.75, 3.05) is 6.61 Å². The van der Waals surface area contributed by atoms with E-state index in [0.29, 0.717) is 16.6 Å². The molecule has 2 aromatic heterocycles. The Morgan fingerprint density at radius 1 is 1.21 bits per heavy atom. The quantitative estimate of drug-likeness (QED) is 0.214. The fourth-order valence-electron chi connectivity index (χ4n) is 4.65. The molecule has 38 heavy (non-hydrogen) atoms. The second-order valence-electron chi connectivity index (χ2n) is 11.3. The first-order chi connectivity index (χ1) is 17.7. The molecule has 0 aliphatic rings. The number of carbonyl (C=O) groups excluding carboxylic acids is 1. The van der Waals surface area contributed by atoms with Gasteiger partial charge in [0.05, 0.1) is 28.8 Å². The summed E-state index contributed by atoms with van der Waals surface area (Å²) in [5, 5.41) is 0.0154. The molecule has 3 aromatic rings. The fraction of sp³-hybridized carbons (Fsp3) is 0.483. The molecule has 9 heteroatoms. The summed E-state index contributed by atoms with van der Waals surface area (Å²) >= 11 is 5.99. The van der Waals surface area contributed by atoms with Crippen LogP contribution in [0.1, 0.15) is 82.9 Å². The number of aromatic nitrogens is 2. The largest absolute Gasteiger partial charge is 0.462 e. The molecule has 0 bridgehead atoms. The van der Waals surface area contributed by atoms with Gasteiger partial charge in [0, 0.05) is 18.8 Å². The van der Waals surface area contributed by atoms with Crippen molar-refractivity contribution in [3.05, 3.63) is 74.4 Å². The molecule has 1 atom stereocenters. The smallest absolute Gasteiger partial charge is 0.343 e. The maximum absolute atomic E-state index is 14.7. The van der Waals surface area contributed by atoms with E-state index in [-0.39, 0.29) is 55.9 Å². The Labute approximate surface area is 231 Å². The number of hydrogen-bond donors (Lipinski definition) is 0. The summed E-state index contributed by atoms with van der Waals surface area (Å²) in [5.41, 5.74) is 0.555. The van der Waals surface area contributed by atoms with Gasteiger partial charge < -0.3 is 13.7 Å². The number of rotatable bonds is 9. The highest BCUT2D eigenvalue weighted by Gasteiger charge is 2.37. The molecule has 3 rings (SSSR count). The lowest BCUT2D eigenvalue weighted by molar-refractivity contribution is 0.0286. The van der Waals surface area contributed by atoms with Gasteiger partial charge in [-0.3, -0.25) is 9.78 Å². The Hall–Kier alpha value is -2.55. The monoisotopic (exact) mass is 558 g/mol. The molecule has 0 aliphatic heterocycles. The molecule has 0 unspecified atom stereocenters. The first kappa shape index (κ1) is 30.0. The SMILES string of the molecule is CCOC(=O)c1cn([C@@H](C(C)C)C(C)(C)O[Si]C(C)(C)C)c2cc(Cc3cccc(Cl)c3F)cnc2c1=O. The van der Waals surface area contributed by atoms with Crippen LogP contribution in [0.3, 0.4) is 0 Å². The lowest BCUT2D eigenvalue weighted by atomic mass is 9.88. The van der Waals surface area contributed by atoms with E-state index in [0.717, 1.165) is 0 Å². The van der Waals surface area contributed by atoms with Crippen molar-refractivity contribution in [2.45, 2.75) is 78.5 Å². The molecule has 0 amide bonds. The summed E-state index contributed by atoms with van der Waals surface area (Å²) < 4.78 is 28.2. The minimum absolute atomic E-state index is 0.0315. The van der Waals surface area contributed by atoms with Gasteiger partial charge in [0.25, 0.3) is 0 Å². The number of halogens is 2. The van der Waals surface area contributed by atoms with Gasteiger partial charge in [0.15, 0.2) is 0 Å². The van der Waals surface area contributed by atoms with Crippen molar-refractivity contribution in [2.24, 2.45) is 5.92 Å². The molecule has 0 saturated carbocycles. The highest BCUT2D eigenvalue weighted by atomic mass is 35.5. The Kier molecular flexibility index (Phi) is 9.22. The van der Waals surface area contributed by atoms with Gasteiger partial charge in [-0.25, -0.2) is 9.18 Å². The predicted octanol–water partition coefficient (Wildman–Crippen LogP) is 6.79. The third kappa shape index (κ3) is 6.71. The zero-order valence-corrected chi connectivity index (χ0v) is 25.1. The van der Waals surface area contributed by atoms with E-state index in [2.05, 4.69) is 39.6 Å². The molecule has 0 aliphatic carbocycles. The van der Waals surface area contributed by atoms with Gasteiger partial charge in [-0.1, -0.05) is 58.4 Å². The molecule has 0 saturated heterocycles. The first-order valence-corrected chi connectivity index (χ1v) is 14.0. The van der Waals surface area contributed by atoms with Crippen molar-refractivity contribution in [3.63, 3.8) is 0 Å². The maximum Gasteiger partial charge on any atom is 0.343 e. The van der Waals surface area contributed by atoms with Crippen LogP contribution in [-0.4, -0.2) is 37.5 Å². The summed E-state index contributed by atoms with van der Waals surface area (Å²) in [4.78, 5) is 30.6. The van der Waals surface area contributed by atoms with Crippen LogP contribution in [0.5, 0.6) is 0 Å². The number of nitrogens with zero attached hydrogens (tertiary/aromatic N) is 2. The Morgan fingerprint density at radius 2 is 1.89 bits per heavy atom. The number of esters is 1. The van der Waals surface area contributed by atoms with E-state index in [9.17, 15) is 14.0 Å². The molecule has 0 N–H and O–H groups in total. The summed E-state index contributed by atoms with van der Waals surface area (Å²) in [5.74, 6) is -1.12. The van der Waals surface area contributed by atoms with Crippen molar-refractivity contribution >= 4 is 38.4 Å². The number of benzene rings is 1. The fourth-order valence-corrected chi connectivity index (χ4v) is 5.54. The van der Waals surface area contributed by atoms with Crippen LogP contribution in [0.2, 0.25) is 10.1 Å². The van der Waals surface area contributed by atoms with Crippen molar-refractivity contribution < 1.29 is 18.3 Å². The topological polar surface area (TPSA) is 70.4 Å². The van der Waals surface area contributed by atoms with Crippen molar-refractivity contribution in [1.29, 1.82) is 0 Å². The van der Waals surface area contributed by atoms with Crippen LogP contribution in [0, 0.1) is 11.7 Å². The lowest BCUT2D eigenvalue weighted by Crippen LogP contribution is -2.42. The number of ether oxygens (including phenoxy) is 1. The molecule has 204 valence electrons. The van der Waals surface area contributed by atoms with E-state index in [1.165, 1.54) is 12.3 Å². The third-order valence-corrected chi connectivity index (χ3v) is 7.65. The average Bonchev–Trinajstić information content (AvgIpc) is 2.82. The minimum Gasteiger partial charge on any atom is -0.462 e. The van der Waals surface area contributed by atoms with Gasteiger partial charge in [0.1, 0.15) is 16.9 Å². The van der Waals surface area contributed by atoms with E-state index < -0.39 is 22.8 Å². The first-order valence-electron chi connectivity index (χ1n) is 12.7. The van der Waals surface area contributed by atoms with E-state index in [1.807, 2.05) is 24.5 Å². The third-order valence-electron chi connectivity index (χ3n) is 6.12. The van der Waals surface area contributed by atoms with E-state index >= 15 is 0 Å². The Balaban J connectivity index is 2.26. The molecule has 0 spiro atoms. The van der Waals surface area contributed by atoms with E-state index in [4.69, 9.17) is 20.8 Å². The average molecular weight is 559 g/mol. The number of carbonyl (C=O) groups is 1. The minimum atomic E-state index is -0.696. The number of fused-ring (bicyclic) bond motifs is 1. The summed E-state index contributed by atoms with van der Waals surface area (Å²) in [6.07, 6.45) is 3.33. The normalized spacial score (nSPS) is 13.2. The van der Waals surface area contributed by atoms with Gasteiger partial charge in [0.2, 0.25) is 15.2 Å². The predicted molar refractivity (Wildman–Crippen MR) is 151 cm³/mol. The van der Waals surface area contributed by atoms with Gasteiger partial charge in [-0.2, -0.15) is 0 Å². The van der Waals surface area contributed by atoms with Crippen LogP contribution in [0.25, 0.3) is 11.0 Å². The number of pyridine rings is 2. The zero-order chi connectivity index (χ0) is 28.4. The Bertz CT molecular complexity index is 1380. The lowest BCUT2D eigenvalue weighted by Gasteiger charge is -2.41. The van der Waals surface area contributed by atoms with Gasteiger partial charge in [-0.15, -0.1) is 0 Å². The van der Waals surface area contributed by atoms with Crippen LogP contribution >= 0.6 is 11.6 Å². The standard InChI is InChI=1S/C29H36ClFN2O4Si/c1-9-36-27(35)20-16-33(26(17(2)3)29(7,8)37-38-28(4,5)6)22-14-18(15-32-24(22)25(20)34)13-19-11-10-12-21(30)23(19)31/h10-12,14-17,26H,9,13H2,1-8H3/t26-/m0/s1.